The van der Waals surface area contributed by atoms with Gasteiger partial charge in [-0.15, -0.1) is 0 Å². The Morgan fingerprint density at radius 1 is 1.29 bits per heavy atom. The molecule has 3 nitrogen and oxygen atoms in total. The summed E-state index contributed by atoms with van der Waals surface area (Å²) < 4.78 is 5.30. The highest BCUT2D eigenvalue weighted by molar-refractivity contribution is 5.75. The molecule has 14 heavy (non-hydrogen) atoms. The summed E-state index contributed by atoms with van der Waals surface area (Å²) >= 11 is 0. The molecule has 1 N–H and O–H groups in total. The van der Waals surface area contributed by atoms with Crippen LogP contribution in [0.3, 0.4) is 0 Å². The predicted molar refractivity (Wildman–Crippen MR) is 53.6 cm³/mol. The summed E-state index contributed by atoms with van der Waals surface area (Å²) in [6.07, 6.45) is -0.0281. The number of cyclic esters (lactones) is 1. The topological polar surface area (TPSA) is 46.5 Å². The Kier molecular flexibility index (Phi) is 3.53. The molecule has 0 spiro atoms. The van der Waals surface area contributed by atoms with Crippen molar-refractivity contribution in [2.75, 3.05) is 6.61 Å². The number of aliphatic hydroxyl groups excluding tert-OH is 1. The first-order valence-corrected chi connectivity index (χ1v) is 5.30. The Bertz CT molecular complexity index is 211. The van der Waals surface area contributed by atoms with Gasteiger partial charge in [-0.25, -0.2) is 0 Å². The fourth-order valence-electron chi connectivity index (χ4n) is 2.31. The highest BCUT2D eigenvalue weighted by Crippen LogP contribution is 2.37. The SMILES string of the molecule is CC(C)[C@H]1[C@@H](C(C)C)OC(=O)[C@@H]1CO. The summed E-state index contributed by atoms with van der Waals surface area (Å²) in [6, 6.07) is 0. The van der Waals surface area contributed by atoms with Crippen molar-refractivity contribution < 1.29 is 14.6 Å². The van der Waals surface area contributed by atoms with Crippen LogP contribution in [-0.2, 0) is 9.53 Å². The minimum absolute atomic E-state index is 0.0281. The molecule has 1 aliphatic rings. The lowest BCUT2D eigenvalue weighted by atomic mass is 9.78. The molecule has 3 heteroatoms. The number of carbonyl (C=O) groups excluding carboxylic acids is 1. The maximum absolute atomic E-state index is 11.5. The third-order valence-corrected chi connectivity index (χ3v) is 3.02. The van der Waals surface area contributed by atoms with E-state index >= 15 is 0 Å². The number of hydrogen-bond donors (Lipinski definition) is 1. The van der Waals surface area contributed by atoms with Gasteiger partial charge in [0.25, 0.3) is 0 Å². The number of esters is 1. The van der Waals surface area contributed by atoms with Crippen LogP contribution in [0.25, 0.3) is 0 Å². The van der Waals surface area contributed by atoms with Gasteiger partial charge in [0.05, 0.1) is 12.5 Å². The van der Waals surface area contributed by atoms with Crippen LogP contribution >= 0.6 is 0 Å². The maximum atomic E-state index is 11.5. The molecule has 0 aromatic heterocycles. The lowest BCUT2D eigenvalue weighted by Gasteiger charge is -2.26. The Balaban J connectivity index is 2.85. The zero-order valence-corrected chi connectivity index (χ0v) is 9.36. The monoisotopic (exact) mass is 200 g/mol. The molecule has 0 aromatic carbocycles. The van der Waals surface area contributed by atoms with Crippen LogP contribution in [0.15, 0.2) is 0 Å². The standard InChI is InChI=1S/C11H20O3/c1-6(2)9-8(5-12)11(13)14-10(9)7(3)4/h6-10,12H,5H2,1-4H3/t8-,9-,10-/m1/s1. The zero-order valence-electron chi connectivity index (χ0n) is 9.36. The Morgan fingerprint density at radius 2 is 1.86 bits per heavy atom. The van der Waals surface area contributed by atoms with E-state index in [1.807, 2.05) is 13.8 Å². The van der Waals surface area contributed by atoms with Gasteiger partial charge in [0.2, 0.25) is 0 Å². The van der Waals surface area contributed by atoms with E-state index in [0.717, 1.165) is 0 Å². The molecule has 1 rings (SSSR count). The van der Waals surface area contributed by atoms with Crippen LogP contribution in [0.1, 0.15) is 27.7 Å². The van der Waals surface area contributed by atoms with Crippen molar-refractivity contribution >= 4 is 5.97 Å². The van der Waals surface area contributed by atoms with Crippen molar-refractivity contribution in [1.82, 2.24) is 0 Å². The van der Waals surface area contributed by atoms with Crippen LogP contribution in [0.2, 0.25) is 0 Å². The zero-order chi connectivity index (χ0) is 10.9. The third-order valence-electron chi connectivity index (χ3n) is 3.02. The van der Waals surface area contributed by atoms with Gasteiger partial charge in [0.1, 0.15) is 6.10 Å². The van der Waals surface area contributed by atoms with Crippen LogP contribution in [0.5, 0.6) is 0 Å². The van der Waals surface area contributed by atoms with E-state index in [-0.39, 0.29) is 30.5 Å². The normalized spacial score (nSPS) is 32.8. The molecule has 1 heterocycles. The summed E-state index contributed by atoms with van der Waals surface area (Å²) in [7, 11) is 0. The fourth-order valence-corrected chi connectivity index (χ4v) is 2.31. The molecule has 0 unspecified atom stereocenters. The highest BCUT2D eigenvalue weighted by Gasteiger charge is 2.46. The van der Waals surface area contributed by atoms with Gasteiger partial charge >= 0.3 is 5.97 Å². The Hall–Kier alpha value is -0.570. The average Bonchev–Trinajstić information content (AvgIpc) is 2.42. The first kappa shape index (κ1) is 11.5. The van der Waals surface area contributed by atoms with Crippen molar-refractivity contribution in [2.24, 2.45) is 23.7 Å². The quantitative estimate of drug-likeness (QED) is 0.701. The van der Waals surface area contributed by atoms with Gasteiger partial charge in [-0.2, -0.15) is 0 Å². The van der Waals surface area contributed by atoms with E-state index in [0.29, 0.717) is 11.8 Å². The van der Waals surface area contributed by atoms with Crippen molar-refractivity contribution in [3.63, 3.8) is 0 Å². The molecule has 0 bridgehead atoms. The molecule has 3 atom stereocenters. The third kappa shape index (κ3) is 1.92. The molecule has 0 amide bonds. The number of aliphatic hydroxyl groups is 1. The second kappa shape index (κ2) is 4.30. The fraction of sp³-hybridized carbons (Fsp3) is 0.909. The van der Waals surface area contributed by atoms with E-state index in [4.69, 9.17) is 9.84 Å². The average molecular weight is 200 g/mol. The van der Waals surface area contributed by atoms with E-state index in [9.17, 15) is 4.79 Å². The van der Waals surface area contributed by atoms with Gasteiger partial charge in [-0.3, -0.25) is 4.79 Å². The Morgan fingerprint density at radius 3 is 2.21 bits per heavy atom. The maximum Gasteiger partial charge on any atom is 0.312 e. The molecule has 1 saturated heterocycles. The van der Waals surface area contributed by atoms with Crippen molar-refractivity contribution in [2.45, 2.75) is 33.8 Å². The number of carbonyl (C=O) groups is 1. The second-order valence-corrected chi connectivity index (χ2v) is 4.76. The summed E-state index contributed by atoms with van der Waals surface area (Å²) in [4.78, 5) is 11.5. The van der Waals surface area contributed by atoms with Gasteiger partial charge in [-0.1, -0.05) is 27.7 Å². The minimum Gasteiger partial charge on any atom is -0.461 e. The van der Waals surface area contributed by atoms with Gasteiger partial charge in [0, 0.05) is 5.92 Å². The van der Waals surface area contributed by atoms with E-state index < -0.39 is 0 Å². The largest absolute Gasteiger partial charge is 0.461 e. The van der Waals surface area contributed by atoms with Gasteiger partial charge in [0.15, 0.2) is 0 Å². The summed E-state index contributed by atoms with van der Waals surface area (Å²) in [5, 5.41) is 9.15. The molecule has 1 aliphatic heterocycles. The first-order valence-electron chi connectivity index (χ1n) is 5.30. The number of hydrogen-bond acceptors (Lipinski definition) is 3. The molecule has 82 valence electrons. The molecule has 0 saturated carbocycles. The number of rotatable bonds is 3. The van der Waals surface area contributed by atoms with Crippen LogP contribution in [0, 0.1) is 23.7 Å². The summed E-state index contributed by atoms with van der Waals surface area (Å²) in [5.41, 5.74) is 0. The minimum atomic E-state index is -0.317. The molecule has 0 radical (unpaired) electrons. The summed E-state index contributed by atoms with van der Waals surface area (Å²) in [5.74, 6) is 0.300. The van der Waals surface area contributed by atoms with Gasteiger partial charge < -0.3 is 9.84 Å². The smallest absolute Gasteiger partial charge is 0.312 e. The van der Waals surface area contributed by atoms with Crippen molar-refractivity contribution in [3.05, 3.63) is 0 Å². The van der Waals surface area contributed by atoms with E-state index in [2.05, 4.69) is 13.8 Å². The second-order valence-electron chi connectivity index (χ2n) is 4.76. The summed E-state index contributed by atoms with van der Waals surface area (Å²) in [6.45, 7) is 8.15. The lowest BCUT2D eigenvalue weighted by Crippen LogP contribution is -2.31. The molecule has 0 aliphatic carbocycles. The van der Waals surface area contributed by atoms with Crippen LogP contribution in [-0.4, -0.2) is 23.8 Å². The predicted octanol–water partition coefficient (Wildman–Crippen LogP) is 1.45. The van der Waals surface area contributed by atoms with E-state index in [1.165, 1.54) is 0 Å². The van der Waals surface area contributed by atoms with Crippen molar-refractivity contribution in [1.29, 1.82) is 0 Å². The van der Waals surface area contributed by atoms with E-state index in [1.54, 1.807) is 0 Å². The molecular weight excluding hydrogens is 180 g/mol. The number of ether oxygens (including phenoxy) is 1. The molecule has 0 aromatic rings. The molecule has 1 fully saturated rings. The highest BCUT2D eigenvalue weighted by atomic mass is 16.6. The molecular formula is C11H20O3. The first-order chi connectivity index (χ1) is 6.49. The Labute approximate surface area is 85.5 Å². The van der Waals surface area contributed by atoms with Crippen LogP contribution < -0.4 is 0 Å². The van der Waals surface area contributed by atoms with Gasteiger partial charge in [-0.05, 0) is 11.8 Å². The lowest BCUT2D eigenvalue weighted by molar-refractivity contribution is -0.146. The van der Waals surface area contributed by atoms with Crippen molar-refractivity contribution in [3.8, 4) is 0 Å². The van der Waals surface area contributed by atoms with Crippen LogP contribution in [0.4, 0.5) is 0 Å².